The topological polar surface area (TPSA) is 76.5 Å². The molecule has 1 aliphatic heterocycles. The Morgan fingerprint density at radius 3 is 2.59 bits per heavy atom. The van der Waals surface area contributed by atoms with E-state index in [-0.39, 0.29) is 11.7 Å². The van der Waals surface area contributed by atoms with Crippen LogP contribution in [0.5, 0.6) is 0 Å². The summed E-state index contributed by atoms with van der Waals surface area (Å²) < 4.78 is 20.0. The van der Waals surface area contributed by atoms with Crippen molar-refractivity contribution in [2.24, 2.45) is 0 Å². The Hall–Kier alpha value is -4.46. The van der Waals surface area contributed by atoms with Crippen LogP contribution in [0.25, 0.3) is 16.9 Å². The zero-order valence-electron chi connectivity index (χ0n) is 18.4. The van der Waals surface area contributed by atoms with E-state index in [1.54, 1.807) is 47.3 Å². The summed E-state index contributed by atoms with van der Waals surface area (Å²) in [6, 6.07) is 20.6. The van der Waals surface area contributed by atoms with Gasteiger partial charge in [-0.15, -0.1) is 0 Å². The minimum absolute atomic E-state index is 0.295. The monoisotopic (exact) mass is 456 g/mol. The maximum Gasteiger partial charge on any atom is 0.414 e. The first kappa shape index (κ1) is 21.4. The van der Waals surface area contributed by atoms with Crippen molar-refractivity contribution in [1.82, 2.24) is 9.78 Å². The maximum absolute atomic E-state index is 13.5. The number of aryl methyl sites for hydroxylation is 1. The van der Waals surface area contributed by atoms with Crippen molar-refractivity contribution >= 4 is 23.4 Å². The van der Waals surface area contributed by atoms with Gasteiger partial charge in [0.1, 0.15) is 18.1 Å². The fraction of sp³-hybridized carbons (Fsp3) is 0.115. The number of anilines is 2. The third-order valence-corrected chi connectivity index (χ3v) is 5.55. The van der Waals surface area contributed by atoms with Gasteiger partial charge in [-0.3, -0.25) is 9.69 Å². The molecule has 1 fully saturated rings. The van der Waals surface area contributed by atoms with Crippen LogP contribution in [0.15, 0.2) is 79.0 Å². The summed E-state index contributed by atoms with van der Waals surface area (Å²) in [5, 5.41) is 7.57. The molecule has 170 valence electrons. The highest BCUT2D eigenvalue weighted by molar-refractivity contribution is 6.10. The first-order valence-electron chi connectivity index (χ1n) is 10.8. The van der Waals surface area contributed by atoms with Gasteiger partial charge in [-0.2, -0.15) is 5.10 Å². The molecule has 1 saturated heterocycles. The zero-order valence-corrected chi connectivity index (χ0v) is 18.4. The van der Waals surface area contributed by atoms with Crippen LogP contribution in [0.1, 0.15) is 15.9 Å². The fourth-order valence-corrected chi connectivity index (χ4v) is 3.89. The van der Waals surface area contributed by atoms with E-state index < -0.39 is 6.09 Å². The van der Waals surface area contributed by atoms with Crippen molar-refractivity contribution < 1.29 is 18.7 Å². The number of rotatable bonds is 5. The molecule has 0 unspecified atom stereocenters. The number of ether oxygens (including phenoxy) is 1. The summed E-state index contributed by atoms with van der Waals surface area (Å²) in [4.78, 5) is 27.1. The van der Waals surface area contributed by atoms with E-state index >= 15 is 0 Å². The van der Waals surface area contributed by atoms with Crippen molar-refractivity contribution in [3.05, 3.63) is 95.9 Å². The zero-order chi connectivity index (χ0) is 23.7. The summed E-state index contributed by atoms with van der Waals surface area (Å²) >= 11 is 0. The number of hydrogen-bond acceptors (Lipinski definition) is 4. The molecule has 3 aromatic carbocycles. The molecule has 34 heavy (non-hydrogen) atoms. The third-order valence-electron chi connectivity index (χ3n) is 5.55. The van der Waals surface area contributed by atoms with Crippen LogP contribution < -0.4 is 10.2 Å². The molecule has 1 aromatic heterocycles. The summed E-state index contributed by atoms with van der Waals surface area (Å²) in [5.74, 6) is -0.741. The normalized spacial score (nSPS) is 13.1. The highest BCUT2D eigenvalue weighted by atomic mass is 19.1. The van der Waals surface area contributed by atoms with Gasteiger partial charge in [0, 0.05) is 11.8 Å². The van der Waals surface area contributed by atoms with Crippen LogP contribution in [0, 0.1) is 12.7 Å². The van der Waals surface area contributed by atoms with Crippen LogP contribution in [0.4, 0.5) is 20.6 Å². The largest absolute Gasteiger partial charge is 0.447 e. The van der Waals surface area contributed by atoms with Crippen molar-refractivity contribution in [3.63, 3.8) is 0 Å². The second kappa shape index (κ2) is 8.82. The van der Waals surface area contributed by atoms with Crippen LogP contribution in [0.3, 0.4) is 0 Å². The highest BCUT2D eigenvalue weighted by Crippen LogP contribution is 2.30. The number of hydrogen-bond donors (Lipinski definition) is 1. The molecule has 0 spiro atoms. The van der Waals surface area contributed by atoms with Gasteiger partial charge in [0.05, 0.1) is 29.2 Å². The minimum Gasteiger partial charge on any atom is -0.447 e. The summed E-state index contributed by atoms with van der Waals surface area (Å²) in [6.07, 6.45) is 1.17. The second-order valence-electron chi connectivity index (χ2n) is 7.92. The van der Waals surface area contributed by atoms with Gasteiger partial charge in [-0.1, -0.05) is 35.9 Å². The van der Waals surface area contributed by atoms with E-state index in [2.05, 4.69) is 10.4 Å². The first-order valence-corrected chi connectivity index (χ1v) is 10.8. The number of cyclic esters (lactones) is 1. The van der Waals surface area contributed by atoms with E-state index in [9.17, 15) is 14.0 Å². The number of nitrogens with one attached hydrogen (secondary N) is 1. The van der Waals surface area contributed by atoms with Crippen LogP contribution in [-0.2, 0) is 4.74 Å². The standard InChI is InChI=1S/C26H21FN4O3/c1-17-5-4-6-18(15-17)24-21(16-31(29-24)20-11-9-19(27)10-12-20)25(32)28-22-7-2-3-8-23(22)30-13-14-34-26(30)33/h2-12,15-16H,13-14H2,1H3,(H,28,32). The lowest BCUT2D eigenvalue weighted by atomic mass is 10.1. The van der Waals surface area contributed by atoms with E-state index in [4.69, 9.17) is 4.74 Å². The van der Waals surface area contributed by atoms with Crippen molar-refractivity contribution in [1.29, 1.82) is 0 Å². The Kier molecular flexibility index (Phi) is 5.55. The summed E-state index contributed by atoms with van der Waals surface area (Å²) in [5.41, 5.74) is 4.30. The van der Waals surface area contributed by atoms with Gasteiger partial charge < -0.3 is 10.1 Å². The summed E-state index contributed by atoms with van der Waals surface area (Å²) in [7, 11) is 0. The van der Waals surface area contributed by atoms with Crippen molar-refractivity contribution in [2.45, 2.75) is 6.92 Å². The average molecular weight is 456 g/mol. The number of carbonyl (C=O) groups excluding carboxylic acids is 2. The maximum atomic E-state index is 13.5. The second-order valence-corrected chi connectivity index (χ2v) is 7.92. The Morgan fingerprint density at radius 2 is 1.85 bits per heavy atom. The molecule has 0 aliphatic carbocycles. The van der Waals surface area contributed by atoms with Gasteiger partial charge in [-0.25, -0.2) is 13.9 Å². The smallest absolute Gasteiger partial charge is 0.414 e. The van der Waals surface area contributed by atoms with Crippen LogP contribution in [-0.4, -0.2) is 34.9 Å². The highest BCUT2D eigenvalue weighted by Gasteiger charge is 2.27. The SMILES string of the molecule is Cc1cccc(-c2nn(-c3ccc(F)cc3)cc2C(=O)Nc2ccccc2N2CCOC2=O)c1. The van der Waals surface area contributed by atoms with Crippen LogP contribution >= 0.6 is 0 Å². The van der Waals surface area contributed by atoms with Gasteiger partial charge in [0.2, 0.25) is 0 Å². The number of halogens is 1. The number of benzene rings is 3. The van der Waals surface area contributed by atoms with Crippen molar-refractivity contribution in [3.8, 4) is 16.9 Å². The molecular weight excluding hydrogens is 435 g/mol. The molecule has 1 aliphatic rings. The lowest BCUT2D eigenvalue weighted by molar-refractivity contribution is 0.102. The van der Waals surface area contributed by atoms with E-state index in [1.165, 1.54) is 17.0 Å². The number of aromatic nitrogens is 2. The molecule has 2 amide bonds. The van der Waals surface area contributed by atoms with E-state index in [0.29, 0.717) is 41.5 Å². The van der Waals surface area contributed by atoms with E-state index in [0.717, 1.165) is 11.1 Å². The molecule has 0 atom stereocenters. The lowest BCUT2D eigenvalue weighted by Crippen LogP contribution is -2.25. The Morgan fingerprint density at radius 1 is 1.06 bits per heavy atom. The molecule has 8 heteroatoms. The van der Waals surface area contributed by atoms with E-state index in [1.807, 2.05) is 31.2 Å². The molecule has 2 heterocycles. The number of para-hydroxylation sites is 2. The average Bonchev–Trinajstić information content (AvgIpc) is 3.47. The summed E-state index contributed by atoms with van der Waals surface area (Å²) in [6.45, 7) is 2.66. The molecule has 0 bridgehead atoms. The molecule has 5 rings (SSSR count). The number of nitrogens with zero attached hydrogens (tertiary/aromatic N) is 3. The van der Waals surface area contributed by atoms with Crippen molar-refractivity contribution in [2.75, 3.05) is 23.4 Å². The molecule has 0 radical (unpaired) electrons. The molecule has 0 saturated carbocycles. The molecule has 1 N–H and O–H groups in total. The predicted molar refractivity (Wildman–Crippen MR) is 127 cm³/mol. The third kappa shape index (κ3) is 4.13. The molecule has 7 nitrogen and oxygen atoms in total. The number of carbonyl (C=O) groups is 2. The Bertz CT molecular complexity index is 1380. The van der Waals surface area contributed by atoms with Gasteiger partial charge in [0.15, 0.2) is 0 Å². The molecule has 4 aromatic rings. The van der Waals surface area contributed by atoms with Gasteiger partial charge in [-0.05, 0) is 49.4 Å². The quantitative estimate of drug-likeness (QED) is 0.448. The van der Waals surface area contributed by atoms with Crippen LogP contribution in [0.2, 0.25) is 0 Å². The molecular formula is C26H21FN4O3. The lowest BCUT2D eigenvalue weighted by Gasteiger charge is -2.17. The number of amides is 2. The Balaban J connectivity index is 1.55. The van der Waals surface area contributed by atoms with Gasteiger partial charge in [0.25, 0.3) is 5.91 Å². The fourth-order valence-electron chi connectivity index (χ4n) is 3.89. The first-order chi connectivity index (χ1) is 16.5. The van der Waals surface area contributed by atoms with Gasteiger partial charge >= 0.3 is 6.09 Å². The predicted octanol–water partition coefficient (Wildman–Crippen LogP) is 5.20. The Labute approximate surface area is 195 Å². The minimum atomic E-state index is -0.453.